The molecule has 2 nitrogen and oxygen atoms in total. The van der Waals surface area contributed by atoms with Crippen LogP contribution >= 0.6 is 0 Å². The normalized spacial score (nSPS) is 12.7. The molecule has 64 valence electrons. The maximum Gasteiger partial charge on any atom is 0.0670 e. The van der Waals surface area contributed by atoms with Crippen molar-refractivity contribution in [2.75, 3.05) is 6.61 Å². The minimum absolute atomic E-state index is 0.0647. The lowest BCUT2D eigenvalue weighted by Gasteiger charge is -2.17. The van der Waals surface area contributed by atoms with E-state index in [9.17, 15) is 0 Å². The summed E-state index contributed by atoms with van der Waals surface area (Å²) < 4.78 is 0. The molecular formula is C9H17NO. The maximum absolute atomic E-state index is 8.78. The summed E-state index contributed by atoms with van der Waals surface area (Å²) in [6, 6.07) is -0.0649. The lowest BCUT2D eigenvalue weighted by atomic mass is 10.1. The fraction of sp³-hybridized carbons (Fsp3) is 0.556. The maximum atomic E-state index is 8.78. The van der Waals surface area contributed by atoms with E-state index in [1.165, 1.54) is 0 Å². The highest BCUT2D eigenvalue weighted by molar-refractivity contribution is 5.00. The summed E-state index contributed by atoms with van der Waals surface area (Å²) in [4.78, 5) is 0. The highest BCUT2D eigenvalue weighted by atomic mass is 16.3. The molecule has 0 saturated carbocycles. The van der Waals surface area contributed by atoms with Crippen molar-refractivity contribution in [3.05, 3.63) is 24.9 Å². The molecule has 1 atom stereocenters. The number of aliphatic hydroxyl groups excluding tert-OH is 1. The van der Waals surface area contributed by atoms with Crippen LogP contribution in [0, 0.1) is 5.92 Å². The molecule has 0 aromatic rings. The lowest BCUT2D eigenvalue weighted by molar-refractivity contribution is 0.269. The summed E-state index contributed by atoms with van der Waals surface area (Å²) in [6.45, 7) is 11.6. The molecule has 0 radical (unpaired) electrons. The van der Waals surface area contributed by atoms with E-state index in [2.05, 4.69) is 18.5 Å². The van der Waals surface area contributed by atoms with E-state index >= 15 is 0 Å². The number of allylic oxidation sites excluding steroid dienone is 1. The molecule has 0 bridgehead atoms. The van der Waals surface area contributed by atoms with Crippen LogP contribution < -0.4 is 5.32 Å². The molecule has 0 amide bonds. The third-order valence-electron chi connectivity index (χ3n) is 1.55. The van der Waals surface area contributed by atoms with Crippen LogP contribution in [0.25, 0.3) is 0 Å². The van der Waals surface area contributed by atoms with Gasteiger partial charge in [-0.15, -0.1) is 6.58 Å². The van der Waals surface area contributed by atoms with Gasteiger partial charge in [0.05, 0.1) is 12.6 Å². The Morgan fingerprint density at radius 3 is 2.45 bits per heavy atom. The van der Waals surface area contributed by atoms with Crippen LogP contribution in [0.15, 0.2) is 24.9 Å². The SMILES string of the molecule is C=C[C@H](CO)NC(=C)C(C)C. The van der Waals surface area contributed by atoms with E-state index in [0.717, 1.165) is 5.70 Å². The first-order valence-electron chi connectivity index (χ1n) is 3.80. The predicted octanol–water partition coefficient (Wildman–Crippen LogP) is 1.29. The van der Waals surface area contributed by atoms with Crippen molar-refractivity contribution in [3.8, 4) is 0 Å². The Bertz CT molecular complexity index is 140. The van der Waals surface area contributed by atoms with E-state index in [1.54, 1.807) is 6.08 Å². The Morgan fingerprint density at radius 1 is 1.64 bits per heavy atom. The number of hydrogen-bond acceptors (Lipinski definition) is 2. The van der Waals surface area contributed by atoms with Gasteiger partial charge in [0.2, 0.25) is 0 Å². The number of nitrogens with one attached hydrogen (secondary N) is 1. The molecule has 2 N–H and O–H groups in total. The predicted molar refractivity (Wildman–Crippen MR) is 48.2 cm³/mol. The Kier molecular flexibility index (Phi) is 4.62. The molecule has 0 rings (SSSR count). The summed E-state index contributed by atoms with van der Waals surface area (Å²) in [6.07, 6.45) is 1.67. The molecule has 2 heteroatoms. The van der Waals surface area contributed by atoms with Crippen molar-refractivity contribution < 1.29 is 5.11 Å². The first kappa shape index (κ1) is 10.2. The molecule has 0 aliphatic heterocycles. The second-order valence-corrected chi connectivity index (χ2v) is 2.85. The molecule has 0 heterocycles. The molecule has 0 saturated heterocycles. The summed E-state index contributed by atoms with van der Waals surface area (Å²) in [5.41, 5.74) is 0.934. The first-order chi connectivity index (χ1) is 5.11. The summed E-state index contributed by atoms with van der Waals surface area (Å²) >= 11 is 0. The smallest absolute Gasteiger partial charge is 0.0670 e. The Labute approximate surface area is 68.6 Å². The van der Waals surface area contributed by atoms with Gasteiger partial charge < -0.3 is 10.4 Å². The van der Waals surface area contributed by atoms with Crippen molar-refractivity contribution in [2.45, 2.75) is 19.9 Å². The second kappa shape index (κ2) is 4.97. The molecular weight excluding hydrogens is 138 g/mol. The van der Waals surface area contributed by atoms with Crippen LogP contribution in [0.4, 0.5) is 0 Å². The molecule has 0 aliphatic carbocycles. The van der Waals surface area contributed by atoms with Gasteiger partial charge >= 0.3 is 0 Å². The zero-order chi connectivity index (χ0) is 8.85. The summed E-state index contributed by atoms with van der Waals surface area (Å²) in [5.74, 6) is 0.393. The third kappa shape index (κ3) is 3.83. The summed E-state index contributed by atoms with van der Waals surface area (Å²) in [5, 5.41) is 11.8. The monoisotopic (exact) mass is 155 g/mol. The van der Waals surface area contributed by atoms with Gasteiger partial charge in [-0.05, 0) is 5.92 Å². The van der Waals surface area contributed by atoms with Crippen molar-refractivity contribution in [3.63, 3.8) is 0 Å². The van der Waals surface area contributed by atoms with Crippen LogP contribution in [0.2, 0.25) is 0 Å². The van der Waals surface area contributed by atoms with Crippen LogP contribution in [0.3, 0.4) is 0 Å². The zero-order valence-electron chi connectivity index (χ0n) is 7.30. The highest BCUT2D eigenvalue weighted by Crippen LogP contribution is 2.03. The average Bonchev–Trinajstić information content (AvgIpc) is 1.99. The van der Waals surface area contributed by atoms with Crippen molar-refractivity contribution in [1.29, 1.82) is 0 Å². The van der Waals surface area contributed by atoms with E-state index in [4.69, 9.17) is 5.11 Å². The van der Waals surface area contributed by atoms with Gasteiger partial charge in [0, 0.05) is 5.70 Å². The van der Waals surface area contributed by atoms with Crippen molar-refractivity contribution >= 4 is 0 Å². The van der Waals surface area contributed by atoms with Crippen LogP contribution in [0.1, 0.15) is 13.8 Å². The van der Waals surface area contributed by atoms with Gasteiger partial charge in [0.1, 0.15) is 0 Å². The number of rotatable bonds is 5. The molecule has 0 unspecified atom stereocenters. The Morgan fingerprint density at radius 2 is 2.18 bits per heavy atom. The Balaban J connectivity index is 3.81. The quantitative estimate of drug-likeness (QED) is 0.586. The van der Waals surface area contributed by atoms with Gasteiger partial charge in [0.15, 0.2) is 0 Å². The molecule has 0 aromatic carbocycles. The van der Waals surface area contributed by atoms with Crippen LogP contribution in [-0.2, 0) is 0 Å². The standard InChI is InChI=1S/C9H17NO/c1-5-9(6-11)10-8(4)7(2)3/h5,7,9-11H,1,4,6H2,2-3H3/t9-/m1/s1. The minimum atomic E-state index is -0.0649. The average molecular weight is 155 g/mol. The van der Waals surface area contributed by atoms with Crippen molar-refractivity contribution in [2.24, 2.45) is 5.92 Å². The fourth-order valence-electron chi connectivity index (χ4n) is 0.584. The van der Waals surface area contributed by atoms with Gasteiger partial charge in [-0.3, -0.25) is 0 Å². The molecule has 0 aromatic heterocycles. The largest absolute Gasteiger partial charge is 0.394 e. The lowest BCUT2D eigenvalue weighted by Crippen LogP contribution is -2.30. The van der Waals surface area contributed by atoms with E-state index in [1.807, 2.05) is 13.8 Å². The van der Waals surface area contributed by atoms with E-state index < -0.39 is 0 Å². The number of hydrogen-bond donors (Lipinski definition) is 2. The van der Waals surface area contributed by atoms with Gasteiger partial charge in [-0.2, -0.15) is 0 Å². The minimum Gasteiger partial charge on any atom is -0.394 e. The van der Waals surface area contributed by atoms with E-state index in [0.29, 0.717) is 5.92 Å². The Hall–Kier alpha value is -0.760. The highest BCUT2D eigenvalue weighted by Gasteiger charge is 2.04. The zero-order valence-corrected chi connectivity index (χ0v) is 7.30. The molecule has 0 aliphatic rings. The fourth-order valence-corrected chi connectivity index (χ4v) is 0.584. The molecule has 0 spiro atoms. The first-order valence-corrected chi connectivity index (χ1v) is 3.80. The van der Waals surface area contributed by atoms with Crippen LogP contribution in [0.5, 0.6) is 0 Å². The van der Waals surface area contributed by atoms with Crippen LogP contribution in [-0.4, -0.2) is 17.8 Å². The topological polar surface area (TPSA) is 32.3 Å². The van der Waals surface area contributed by atoms with E-state index in [-0.39, 0.29) is 12.6 Å². The molecule has 11 heavy (non-hydrogen) atoms. The second-order valence-electron chi connectivity index (χ2n) is 2.85. The van der Waals surface area contributed by atoms with Gasteiger partial charge in [-0.25, -0.2) is 0 Å². The molecule has 0 fully saturated rings. The summed E-state index contributed by atoms with van der Waals surface area (Å²) in [7, 11) is 0. The van der Waals surface area contributed by atoms with Gasteiger partial charge in [0.25, 0.3) is 0 Å². The van der Waals surface area contributed by atoms with Gasteiger partial charge in [-0.1, -0.05) is 26.5 Å². The third-order valence-corrected chi connectivity index (χ3v) is 1.55. The number of aliphatic hydroxyl groups is 1. The van der Waals surface area contributed by atoms with Crippen molar-refractivity contribution in [1.82, 2.24) is 5.32 Å².